The summed E-state index contributed by atoms with van der Waals surface area (Å²) >= 11 is 0. The quantitative estimate of drug-likeness (QED) is 0.0276. The Bertz CT molecular complexity index is 1260. The fraction of sp³-hybridized carbons (Fsp3) is 0.574. The molecular formula is C47H75O8P. The molecule has 0 aliphatic carbocycles. The summed E-state index contributed by atoms with van der Waals surface area (Å²) in [6, 6.07) is 0. The monoisotopic (exact) mass is 799 g/mol. The van der Waals surface area contributed by atoms with Crippen molar-refractivity contribution in [2.45, 2.75) is 161 Å². The van der Waals surface area contributed by atoms with Crippen molar-refractivity contribution in [3.8, 4) is 0 Å². The van der Waals surface area contributed by atoms with Gasteiger partial charge in [-0.25, -0.2) is 4.57 Å². The molecule has 2 N–H and O–H groups in total. The molecule has 0 amide bonds. The van der Waals surface area contributed by atoms with Crippen molar-refractivity contribution in [2.24, 2.45) is 0 Å². The smallest absolute Gasteiger partial charge is 0.462 e. The topological polar surface area (TPSA) is 119 Å². The third-order valence-corrected chi connectivity index (χ3v) is 8.76. The SMILES string of the molecule is CC/C=C/C/C=C/C/C=C/C/C=C/C/C=C/CCCCCC(=O)O[C@H](COC(=O)CCCCC/C=C/C/C=C/C/C=C/C/C=C/CCCCC)COP(=O)(O)O. The van der Waals surface area contributed by atoms with E-state index in [0.717, 1.165) is 89.9 Å². The molecule has 56 heavy (non-hydrogen) atoms. The number of carbonyl (C=O) groups is 2. The molecule has 0 heterocycles. The zero-order chi connectivity index (χ0) is 41.1. The molecule has 0 radical (unpaired) electrons. The van der Waals surface area contributed by atoms with Gasteiger partial charge in [-0.05, 0) is 103 Å². The Kier molecular flexibility index (Phi) is 38.9. The Morgan fingerprint density at radius 1 is 0.482 bits per heavy atom. The number of hydrogen-bond donors (Lipinski definition) is 2. The van der Waals surface area contributed by atoms with Gasteiger partial charge in [0.15, 0.2) is 6.10 Å². The highest BCUT2D eigenvalue weighted by molar-refractivity contribution is 7.46. The van der Waals surface area contributed by atoms with Crippen molar-refractivity contribution in [1.29, 1.82) is 0 Å². The van der Waals surface area contributed by atoms with E-state index in [0.29, 0.717) is 12.8 Å². The van der Waals surface area contributed by atoms with Crippen molar-refractivity contribution >= 4 is 19.8 Å². The molecule has 0 aromatic heterocycles. The Labute approximate surface area is 340 Å². The number of carbonyl (C=O) groups excluding carboxylic acids is 2. The van der Waals surface area contributed by atoms with Crippen LogP contribution in [0.5, 0.6) is 0 Å². The number of ether oxygens (including phenoxy) is 2. The number of phosphoric acid groups is 1. The lowest BCUT2D eigenvalue weighted by Gasteiger charge is -2.18. The lowest BCUT2D eigenvalue weighted by atomic mass is 10.1. The first-order valence-electron chi connectivity index (χ1n) is 21.2. The van der Waals surface area contributed by atoms with E-state index in [2.05, 4.69) is 128 Å². The lowest BCUT2D eigenvalue weighted by molar-refractivity contribution is -0.161. The number of esters is 2. The van der Waals surface area contributed by atoms with E-state index in [4.69, 9.17) is 19.3 Å². The first kappa shape index (κ1) is 52.7. The molecule has 0 saturated carbocycles. The molecule has 0 aromatic rings. The summed E-state index contributed by atoms with van der Waals surface area (Å²) in [5, 5.41) is 0. The minimum atomic E-state index is -4.78. The summed E-state index contributed by atoms with van der Waals surface area (Å²) in [5.41, 5.74) is 0. The molecule has 0 saturated heterocycles. The summed E-state index contributed by atoms with van der Waals surface area (Å²) < 4.78 is 26.3. The van der Waals surface area contributed by atoms with E-state index < -0.39 is 32.5 Å². The molecule has 0 bridgehead atoms. The molecule has 8 nitrogen and oxygen atoms in total. The highest BCUT2D eigenvalue weighted by Gasteiger charge is 2.22. The summed E-state index contributed by atoms with van der Waals surface area (Å²) in [6.45, 7) is 3.47. The summed E-state index contributed by atoms with van der Waals surface area (Å²) in [7, 11) is -4.78. The zero-order valence-corrected chi connectivity index (χ0v) is 35.6. The van der Waals surface area contributed by atoms with Crippen LogP contribution in [0.25, 0.3) is 0 Å². The van der Waals surface area contributed by atoms with Crippen LogP contribution < -0.4 is 0 Å². The van der Waals surface area contributed by atoms with Gasteiger partial charge in [0, 0.05) is 12.8 Å². The predicted octanol–water partition coefficient (Wildman–Crippen LogP) is 13.2. The average molecular weight is 799 g/mol. The summed E-state index contributed by atoms with van der Waals surface area (Å²) in [6.07, 6.45) is 58.0. The molecular weight excluding hydrogens is 723 g/mol. The highest BCUT2D eigenvalue weighted by atomic mass is 31.2. The van der Waals surface area contributed by atoms with Crippen LogP contribution in [0.15, 0.2) is 109 Å². The van der Waals surface area contributed by atoms with Gasteiger partial charge < -0.3 is 19.3 Å². The van der Waals surface area contributed by atoms with Crippen LogP contribution in [0.1, 0.15) is 155 Å². The van der Waals surface area contributed by atoms with Crippen LogP contribution in [-0.2, 0) is 28.2 Å². The first-order chi connectivity index (χ1) is 27.3. The molecule has 1 atom stereocenters. The van der Waals surface area contributed by atoms with Crippen LogP contribution in [0.2, 0.25) is 0 Å². The molecule has 0 fully saturated rings. The number of rotatable bonds is 37. The van der Waals surface area contributed by atoms with Crippen molar-refractivity contribution in [2.75, 3.05) is 13.2 Å². The standard InChI is InChI=1S/C47H75O8P/c1-3-5-7-9-11-13-15-17-19-21-23-25-27-29-31-33-35-37-39-41-46(48)53-43-45(44-54-56(50,51)52)55-47(49)42-40-38-36-34-32-30-28-26-24-22-20-18-16-14-12-10-8-6-4-2/h6,8,11-14,17-20,23-26,29-32,45H,3-5,7,9-10,15-16,21-22,27-28,33-44H2,1-2H3,(H2,50,51,52)/b8-6+,13-11+,14-12+,19-17+,20-18+,25-23+,26-24+,31-29+,32-30+/t45-/m1/s1. The van der Waals surface area contributed by atoms with Gasteiger partial charge in [-0.15, -0.1) is 0 Å². The Hall–Kier alpha value is -3.29. The minimum Gasteiger partial charge on any atom is -0.462 e. The van der Waals surface area contributed by atoms with Crippen LogP contribution in [-0.4, -0.2) is 41.0 Å². The van der Waals surface area contributed by atoms with E-state index in [1.165, 1.54) is 25.7 Å². The molecule has 0 unspecified atom stereocenters. The second-order valence-corrected chi connectivity index (χ2v) is 14.8. The van der Waals surface area contributed by atoms with Crippen LogP contribution in [0.4, 0.5) is 0 Å². The molecule has 0 aromatic carbocycles. The van der Waals surface area contributed by atoms with Crippen molar-refractivity contribution in [3.63, 3.8) is 0 Å². The van der Waals surface area contributed by atoms with Gasteiger partial charge in [0.2, 0.25) is 0 Å². The van der Waals surface area contributed by atoms with Crippen molar-refractivity contribution < 1.29 is 37.9 Å². The van der Waals surface area contributed by atoms with Crippen molar-refractivity contribution in [1.82, 2.24) is 0 Å². The Morgan fingerprint density at radius 3 is 1.25 bits per heavy atom. The number of allylic oxidation sites excluding steroid dienone is 18. The fourth-order valence-corrected chi connectivity index (χ4v) is 5.51. The first-order valence-corrected chi connectivity index (χ1v) is 22.7. The van der Waals surface area contributed by atoms with E-state index in [9.17, 15) is 14.2 Å². The van der Waals surface area contributed by atoms with Crippen molar-refractivity contribution in [3.05, 3.63) is 109 Å². The summed E-state index contributed by atoms with van der Waals surface area (Å²) in [5.74, 6) is -0.970. The highest BCUT2D eigenvalue weighted by Crippen LogP contribution is 2.36. The summed E-state index contributed by atoms with van der Waals surface area (Å²) in [4.78, 5) is 42.9. The molecule has 9 heteroatoms. The van der Waals surface area contributed by atoms with E-state index in [1.807, 2.05) is 0 Å². The third-order valence-electron chi connectivity index (χ3n) is 8.28. The second-order valence-electron chi connectivity index (χ2n) is 13.6. The van der Waals surface area contributed by atoms with E-state index in [1.54, 1.807) is 0 Å². The van der Waals surface area contributed by atoms with Gasteiger partial charge in [0.1, 0.15) is 6.61 Å². The molecule has 0 aliphatic rings. The van der Waals surface area contributed by atoms with Gasteiger partial charge in [0.25, 0.3) is 0 Å². The van der Waals surface area contributed by atoms with Gasteiger partial charge in [0.05, 0.1) is 6.61 Å². The van der Waals surface area contributed by atoms with Gasteiger partial charge in [-0.3, -0.25) is 14.1 Å². The molecule has 0 spiro atoms. The van der Waals surface area contributed by atoms with Crippen LogP contribution in [0.3, 0.4) is 0 Å². The molecule has 0 rings (SSSR count). The van der Waals surface area contributed by atoms with Gasteiger partial charge in [-0.2, -0.15) is 0 Å². The van der Waals surface area contributed by atoms with Crippen LogP contribution >= 0.6 is 7.82 Å². The van der Waals surface area contributed by atoms with Gasteiger partial charge >= 0.3 is 19.8 Å². The number of phosphoric ester groups is 1. The maximum Gasteiger partial charge on any atom is 0.469 e. The number of hydrogen-bond acceptors (Lipinski definition) is 6. The lowest BCUT2D eigenvalue weighted by Crippen LogP contribution is -2.29. The fourth-order valence-electron chi connectivity index (χ4n) is 5.15. The normalized spacial score (nSPS) is 13.6. The minimum absolute atomic E-state index is 0.158. The average Bonchev–Trinajstić information content (AvgIpc) is 3.17. The van der Waals surface area contributed by atoms with Gasteiger partial charge in [-0.1, -0.05) is 149 Å². The zero-order valence-electron chi connectivity index (χ0n) is 34.7. The third kappa shape index (κ3) is 43.4. The predicted molar refractivity (Wildman–Crippen MR) is 234 cm³/mol. The largest absolute Gasteiger partial charge is 0.469 e. The second kappa shape index (κ2) is 41.3. The maximum absolute atomic E-state index is 12.4. The van der Waals surface area contributed by atoms with Crippen LogP contribution in [0, 0.1) is 0 Å². The Balaban J connectivity index is 4.09. The number of unbranched alkanes of at least 4 members (excludes halogenated alkanes) is 9. The molecule has 0 aliphatic heterocycles. The van der Waals surface area contributed by atoms with E-state index in [-0.39, 0.29) is 19.4 Å². The van der Waals surface area contributed by atoms with E-state index >= 15 is 0 Å². The molecule has 316 valence electrons. The maximum atomic E-state index is 12.4. The Morgan fingerprint density at radius 2 is 0.857 bits per heavy atom.